The maximum atomic E-state index is 13.9. The highest BCUT2D eigenvalue weighted by Gasteiger charge is 2.39. The summed E-state index contributed by atoms with van der Waals surface area (Å²) in [6.45, 7) is 5.42. The van der Waals surface area contributed by atoms with Crippen molar-refractivity contribution in [2.75, 3.05) is 13.7 Å². The molecule has 5 amide bonds. The first kappa shape index (κ1) is 52.8. The third kappa shape index (κ3) is 11.3. The summed E-state index contributed by atoms with van der Waals surface area (Å²) >= 11 is 4.55. The number of aromatic nitrogens is 5. The van der Waals surface area contributed by atoms with Crippen LogP contribution in [0.2, 0.25) is 0 Å². The normalized spacial score (nSPS) is 21.8. The summed E-state index contributed by atoms with van der Waals surface area (Å²) in [5.41, 5.74) is 4.00. The number of primary amides is 1. The third-order valence-corrected chi connectivity index (χ3v) is 15.4. The van der Waals surface area contributed by atoms with Gasteiger partial charge < -0.3 is 62.4 Å². The fourth-order valence-electron chi connectivity index (χ4n) is 6.87. The van der Waals surface area contributed by atoms with Gasteiger partial charge >= 0.3 is 5.97 Å². The number of carbonyl (C=O) groups excluding carboxylic acids is 6. The fraction of sp³-hybridized carbons (Fsp3) is 0.310. The highest BCUT2D eigenvalue weighted by molar-refractivity contribution is 7.12. The molecule has 0 aromatic carbocycles. The number of dihydropyridines is 1. The Hall–Kier alpha value is -7.03. The van der Waals surface area contributed by atoms with Crippen molar-refractivity contribution < 1.29 is 68.9 Å². The number of rotatable bonds is 10. The number of allylic oxidation sites excluding steroid dienone is 2. The van der Waals surface area contributed by atoms with E-state index in [1.54, 1.807) is 5.38 Å². The molecule has 2 aliphatic heterocycles. The molecule has 2 aliphatic rings. The molecule has 8 bridgehead atoms. The predicted octanol–water partition coefficient (Wildman–Crippen LogP) is 1.04. The molecule has 0 fully saturated rings. The maximum absolute atomic E-state index is 13.9. The topological polar surface area (TPSA) is 401 Å². The summed E-state index contributed by atoms with van der Waals surface area (Å²) in [5, 5.41) is 81.0. The first-order valence-electron chi connectivity index (χ1n) is 20.8. The zero-order valence-corrected chi connectivity index (χ0v) is 41.5. The number of amides is 5. The Morgan fingerprint density at radius 1 is 0.875 bits per heavy atom. The minimum atomic E-state index is -2.40. The molecule has 7 heterocycles. The fourth-order valence-corrected chi connectivity index (χ4v) is 11.3. The Morgan fingerprint density at radius 3 is 2.17 bits per heavy atom. The highest BCUT2D eigenvalue weighted by Crippen LogP contribution is 2.42. The summed E-state index contributed by atoms with van der Waals surface area (Å²) in [5.74, 6) is -9.89. The number of methoxy groups -OCH3 is 1. The van der Waals surface area contributed by atoms with E-state index in [-0.39, 0.29) is 70.7 Å². The molecule has 12 N–H and O–H groups in total. The van der Waals surface area contributed by atoms with Crippen LogP contribution in [0.5, 0.6) is 0 Å². The lowest BCUT2D eigenvalue weighted by atomic mass is 9.92. The van der Waals surface area contributed by atoms with Gasteiger partial charge in [-0.05, 0) is 19.9 Å². The van der Waals surface area contributed by atoms with E-state index >= 15 is 0 Å². The molecule has 5 aromatic rings. The standard InChI is InChI=1S/C42H41N11O14S5/c1-13(32(43)60)44-33(61)21-12-72-41(50-21)29-25(57)5-16-28(51-29)20-9-70-39(47-20)18(7-54)45-34(62)22-10-69-38(49-22)17(30(58)31(59)42(65)66)6-24(56)19-8-71-40(46-19)27(15(3)67-4)53-36(64)26(14(2)55)52-35(63)23-11-68-37(16)48-23/h5,8-12,14,16-18,26,28,30-31,54-55,57-59H,1,6-7H2,2-4H3,(H2,43,60)(H,44,61)(H,45,62)(H,52,63)(H,53,64)(H,65,66)/b27-15+/t14-,16?,17+,18+,26+,28?,30+,31+/m1/s1. The van der Waals surface area contributed by atoms with Crippen LogP contribution < -0.4 is 27.0 Å². The van der Waals surface area contributed by atoms with Crippen molar-refractivity contribution in [2.24, 2.45) is 10.7 Å². The van der Waals surface area contributed by atoms with E-state index in [0.29, 0.717) is 0 Å². The van der Waals surface area contributed by atoms with Gasteiger partial charge in [0.25, 0.3) is 23.6 Å². The van der Waals surface area contributed by atoms with Crippen molar-refractivity contribution in [1.29, 1.82) is 0 Å². The van der Waals surface area contributed by atoms with Gasteiger partial charge in [0.2, 0.25) is 5.91 Å². The van der Waals surface area contributed by atoms with Crippen molar-refractivity contribution >= 4 is 109 Å². The van der Waals surface area contributed by atoms with Crippen LogP contribution in [-0.4, -0.2) is 141 Å². The summed E-state index contributed by atoms with van der Waals surface area (Å²) in [6.07, 6.45) is -5.34. The Kier molecular flexibility index (Phi) is 16.3. The second kappa shape index (κ2) is 22.2. The number of hydrogen-bond acceptors (Lipinski definition) is 24. The second-order valence-corrected chi connectivity index (χ2v) is 20.0. The van der Waals surface area contributed by atoms with Gasteiger partial charge in [0.1, 0.15) is 90.0 Å². The maximum Gasteiger partial charge on any atom is 0.335 e. The van der Waals surface area contributed by atoms with Crippen LogP contribution in [0.3, 0.4) is 0 Å². The minimum Gasteiger partial charge on any atom is -0.506 e. The number of aliphatic hydroxyl groups excluding tert-OH is 5. The van der Waals surface area contributed by atoms with Crippen molar-refractivity contribution in [1.82, 2.24) is 46.2 Å². The number of ketones is 1. The van der Waals surface area contributed by atoms with Gasteiger partial charge in [-0.1, -0.05) is 6.58 Å². The van der Waals surface area contributed by atoms with Gasteiger partial charge in [-0.25, -0.2) is 29.7 Å². The summed E-state index contributed by atoms with van der Waals surface area (Å²) in [4.78, 5) is 118. The van der Waals surface area contributed by atoms with Crippen LogP contribution >= 0.6 is 56.7 Å². The second-order valence-electron chi connectivity index (χ2n) is 15.7. The number of carbonyl (C=O) groups is 7. The number of hydrogen-bond donors (Lipinski definition) is 11. The molecule has 30 heteroatoms. The Balaban J connectivity index is 1.31. The molecule has 0 aliphatic carbocycles. The van der Waals surface area contributed by atoms with E-state index in [0.717, 1.165) is 56.7 Å². The number of nitrogens with zero attached hydrogens (tertiary/aromatic N) is 6. The van der Waals surface area contributed by atoms with Gasteiger partial charge in [-0.15, -0.1) is 56.7 Å². The van der Waals surface area contributed by atoms with Crippen LogP contribution in [0, 0.1) is 0 Å². The van der Waals surface area contributed by atoms with Crippen molar-refractivity contribution in [3.63, 3.8) is 0 Å². The van der Waals surface area contributed by atoms with Gasteiger partial charge in [0.15, 0.2) is 11.9 Å². The van der Waals surface area contributed by atoms with Gasteiger partial charge in [0.05, 0.1) is 42.1 Å². The number of fused-ring (bicyclic) bond motifs is 11. The molecule has 378 valence electrons. The molecular formula is C42H41N11O14S5. The highest BCUT2D eigenvalue weighted by atomic mass is 32.1. The molecule has 2 unspecified atom stereocenters. The van der Waals surface area contributed by atoms with E-state index in [9.17, 15) is 64.2 Å². The molecule has 8 atom stereocenters. The average Bonchev–Trinajstić information content (AvgIpc) is 4.22. The molecule has 72 heavy (non-hydrogen) atoms. The molecule has 25 nitrogen and oxygen atoms in total. The van der Waals surface area contributed by atoms with Crippen molar-refractivity contribution in [3.8, 4) is 0 Å². The lowest BCUT2D eigenvalue weighted by Crippen LogP contribution is -2.52. The molecular weight excluding hydrogens is 1040 g/mol. The van der Waals surface area contributed by atoms with Crippen LogP contribution in [0.25, 0.3) is 5.70 Å². The van der Waals surface area contributed by atoms with E-state index in [1.807, 2.05) is 0 Å². The van der Waals surface area contributed by atoms with E-state index in [1.165, 1.54) is 48.6 Å². The largest absolute Gasteiger partial charge is 0.506 e. The summed E-state index contributed by atoms with van der Waals surface area (Å²) < 4.78 is 5.39. The first-order valence-corrected chi connectivity index (χ1v) is 25.2. The van der Waals surface area contributed by atoms with Crippen molar-refractivity contribution in [3.05, 3.63) is 110 Å². The molecule has 7 rings (SSSR count). The Labute approximate surface area is 425 Å². The zero-order valence-electron chi connectivity index (χ0n) is 37.5. The van der Waals surface area contributed by atoms with E-state index in [4.69, 9.17) is 20.4 Å². The monoisotopic (exact) mass is 1080 g/mol. The number of aliphatic imine (C=N–C) groups is 1. The predicted molar refractivity (Wildman–Crippen MR) is 258 cm³/mol. The van der Waals surface area contributed by atoms with Gasteiger partial charge in [0, 0.05) is 39.2 Å². The number of ether oxygens (including phenoxy) is 1. The third-order valence-electron chi connectivity index (χ3n) is 10.8. The summed E-state index contributed by atoms with van der Waals surface area (Å²) in [7, 11) is 1.29. The number of nitrogens with one attached hydrogen (secondary N) is 4. The molecule has 0 saturated heterocycles. The number of carboxylic acid groups (broad SMARTS) is 1. The van der Waals surface area contributed by atoms with Crippen LogP contribution in [0.1, 0.15) is 117 Å². The Bertz CT molecular complexity index is 3080. The number of Topliss-reactive ketones (excluding diaryl/α,β-unsaturated/α-hetero) is 1. The van der Waals surface area contributed by atoms with E-state index < -0.39 is 114 Å². The number of carboxylic acids is 1. The molecule has 0 spiro atoms. The van der Waals surface area contributed by atoms with Gasteiger partial charge in [-0.2, -0.15) is 0 Å². The smallest absolute Gasteiger partial charge is 0.335 e. The zero-order chi connectivity index (χ0) is 52.3. The SMILES string of the molecule is C=C(NC(=O)c1csc(C2=NC3c4csc(n4)[C@H](CO)NC(=O)c4csc(n4)[C@H]([C@H](O)[C@H](O)C(=O)O)CC(=O)c4csc(n4)/C(=C(/C)OC)NC(=O)[C@H]([C@@H](C)O)NC(=O)c4csc(n4)C3C=C2O)n1)C(N)=O. The molecule has 0 saturated carbocycles. The quantitative estimate of drug-likeness (QED) is 0.0687. The first-order chi connectivity index (χ1) is 34.2. The van der Waals surface area contributed by atoms with Crippen LogP contribution in [0.4, 0.5) is 0 Å². The average molecular weight is 1080 g/mol. The van der Waals surface area contributed by atoms with E-state index in [2.05, 4.69) is 47.8 Å². The lowest BCUT2D eigenvalue weighted by molar-refractivity contribution is -0.153. The van der Waals surface area contributed by atoms with Gasteiger partial charge in [-0.3, -0.25) is 33.8 Å². The minimum absolute atomic E-state index is 0.0184. The van der Waals surface area contributed by atoms with Crippen LogP contribution in [-0.2, 0) is 19.1 Å². The van der Waals surface area contributed by atoms with Crippen molar-refractivity contribution in [2.45, 2.75) is 68.5 Å². The Morgan fingerprint density at radius 2 is 1.51 bits per heavy atom. The summed E-state index contributed by atoms with van der Waals surface area (Å²) in [6, 6.07) is -3.88. The number of aliphatic carboxylic acids is 1. The molecule has 0 radical (unpaired) electrons. The van der Waals surface area contributed by atoms with Crippen LogP contribution in [0.15, 0.2) is 61.8 Å². The number of aliphatic hydroxyl groups is 5. The number of nitrogens with two attached hydrogens (primary N) is 1. The number of thiazole rings is 5. The lowest BCUT2D eigenvalue weighted by Gasteiger charge is -2.24. The molecule has 5 aromatic heterocycles.